The molecule has 0 saturated carbocycles. The number of rotatable bonds is 4. The van der Waals surface area contributed by atoms with E-state index >= 15 is 0 Å². The molecule has 6 heteroatoms. The van der Waals surface area contributed by atoms with Crippen molar-refractivity contribution in [3.8, 4) is 0 Å². The van der Waals surface area contributed by atoms with E-state index in [1.54, 1.807) is 20.8 Å². The van der Waals surface area contributed by atoms with Gasteiger partial charge in [0.1, 0.15) is 0 Å². The third kappa shape index (κ3) is 3.63. The van der Waals surface area contributed by atoms with Crippen molar-refractivity contribution >= 4 is 15.7 Å². The predicted molar refractivity (Wildman–Crippen MR) is 55.6 cm³/mol. The van der Waals surface area contributed by atoms with Gasteiger partial charge in [-0.15, -0.1) is 0 Å². The van der Waals surface area contributed by atoms with Crippen LogP contribution in [0.5, 0.6) is 0 Å². The molecule has 0 rings (SSSR count). The van der Waals surface area contributed by atoms with Crippen LogP contribution in [0.1, 0.15) is 20.8 Å². The predicted octanol–water partition coefficient (Wildman–Crippen LogP) is -0.727. The molecule has 84 valence electrons. The molecule has 0 bridgehead atoms. The molecule has 5 nitrogen and oxygen atoms in total. The van der Waals surface area contributed by atoms with Crippen LogP contribution in [0.15, 0.2) is 0 Å². The van der Waals surface area contributed by atoms with Crippen molar-refractivity contribution in [2.75, 3.05) is 12.8 Å². The maximum absolute atomic E-state index is 11.3. The molecule has 0 aromatic rings. The van der Waals surface area contributed by atoms with Gasteiger partial charge < -0.3 is 11.1 Å². The third-order valence-corrected chi connectivity index (χ3v) is 4.26. The maximum Gasteiger partial charge on any atom is 0.236 e. The Labute approximate surface area is 85.0 Å². The highest BCUT2D eigenvalue weighted by atomic mass is 32.2. The molecule has 14 heavy (non-hydrogen) atoms. The highest BCUT2D eigenvalue weighted by Crippen LogP contribution is 2.13. The molecule has 0 fully saturated rings. The van der Waals surface area contributed by atoms with E-state index in [9.17, 15) is 13.2 Å². The quantitative estimate of drug-likeness (QED) is 0.656. The van der Waals surface area contributed by atoms with Gasteiger partial charge in [-0.05, 0) is 20.8 Å². The van der Waals surface area contributed by atoms with E-state index < -0.39 is 20.6 Å². The van der Waals surface area contributed by atoms with Gasteiger partial charge in [0.2, 0.25) is 5.91 Å². The Kier molecular flexibility index (Phi) is 4.08. The lowest BCUT2D eigenvalue weighted by Gasteiger charge is -2.23. The Morgan fingerprint density at radius 3 is 2.21 bits per heavy atom. The molecule has 0 aliphatic heterocycles. The largest absolute Gasteiger partial charge is 0.353 e. The van der Waals surface area contributed by atoms with Crippen LogP contribution < -0.4 is 11.1 Å². The minimum absolute atomic E-state index is 0.0756. The number of nitrogens with two attached hydrogens (primary N) is 1. The molecular formula is C8H18N2O3S. The van der Waals surface area contributed by atoms with E-state index in [-0.39, 0.29) is 12.5 Å². The zero-order valence-electron chi connectivity index (χ0n) is 8.99. The van der Waals surface area contributed by atoms with Gasteiger partial charge >= 0.3 is 0 Å². The molecule has 0 aliphatic carbocycles. The number of carbonyl (C=O) groups excluding carboxylic acids is 1. The highest BCUT2D eigenvalue weighted by molar-refractivity contribution is 7.92. The SMILES string of the molecule is CC(N)C(=O)NCC(C)(C)S(C)(=O)=O. The van der Waals surface area contributed by atoms with Crippen molar-refractivity contribution < 1.29 is 13.2 Å². The lowest BCUT2D eigenvalue weighted by molar-refractivity contribution is -0.122. The smallest absolute Gasteiger partial charge is 0.236 e. The summed E-state index contributed by atoms with van der Waals surface area (Å²) in [7, 11) is -3.18. The van der Waals surface area contributed by atoms with Crippen LogP contribution >= 0.6 is 0 Å². The van der Waals surface area contributed by atoms with Gasteiger partial charge in [0.15, 0.2) is 9.84 Å². The lowest BCUT2D eigenvalue weighted by Crippen LogP contribution is -2.47. The van der Waals surface area contributed by atoms with Gasteiger partial charge in [-0.25, -0.2) is 8.42 Å². The summed E-state index contributed by atoms with van der Waals surface area (Å²) in [5.41, 5.74) is 5.31. The Bertz CT molecular complexity index is 307. The van der Waals surface area contributed by atoms with Crippen LogP contribution in [0.3, 0.4) is 0 Å². The monoisotopic (exact) mass is 222 g/mol. The third-order valence-electron chi connectivity index (χ3n) is 2.11. The fourth-order valence-corrected chi connectivity index (χ4v) is 0.926. The van der Waals surface area contributed by atoms with E-state index in [1.807, 2.05) is 0 Å². The summed E-state index contributed by atoms with van der Waals surface area (Å²) in [5.74, 6) is -0.346. The minimum atomic E-state index is -3.18. The molecule has 1 amide bonds. The second-order valence-electron chi connectivity index (χ2n) is 4.04. The molecule has 0 heterocycles. The van der Waals surface area contributed by atoms with Crippen molar-refractivity contribution in [3.63, 3.8) is 0 Å². The molecule has 0 aromatic carbocycles. The van der Waals surface area contributed by atoms with Crippen molar-refractivity contribution in [1.29, 1.82) is 0 Å². The second kappa shape index (κ2) is 4.27. The van der Waals surface area contributed by atoms with Crippen molar-refractivity contribution in [3.05, 3.63) is 0 Å². The number of carbonyl (C=O) groups is 1. The standard InChI is InChI=1S/C8H18N2O3S/c1-6(9)7(11)10-5-8(2,3)14(4,12)13/h6H,5,9H2,1-4H3,(H,10,11). The Hall–Kier alpha value is -0.620. The first-order valence-electron chi connectivity index (χ1n) is 4.31. The topological polar surface area (TPSA) is 89.3 Å². The van der Waals surface area contributed by atoms with Gasteiger partial charge in [-0.2, -0.15) is 0 Å². The first-order valence-corrected chi connectivity index (χ1v) is 6.20. The molecule has 0 aromatic heterocycles. The normalized spacial score (nSPS) is 14.9. The number of nitrogens with one attached hydrogen (secondary N) is 1. The summed E-state index contributed by atoms with van der Waals surface area (Å²) in [4.78, 5) is 11.1. The van der Waals surface area contributed by atoms with Gasteiger partial charge in [0.25, 0.3) is 0 Å². The van der Waals surface area contributed by atoms with E-state index in [0.717, 1.165) is 6.26 Å². The average molecular weight is 222 g/mol. The highest BCUT2D eigenvalue weighted by Gasteiger charge is 2.30. The van der Waals surface area contributed by atoms with E-state index in [2.05, 4.69) is 5.32 Å². The van der Waals surface area contributed by atoms with E-state index in [4.69, 9.17) is 5.73 Å². The van der Waals surface area contributed by atoms with Crippen LogP contribution in [0.4, 0.5) is 0 Å². The molecule has 0 aliphatic rings. The van der Waals surface area contributed by atoms with E-state index in [1.165, 1.54) is 0 Å². The zero-order valence-corrected chi connectivity index (χ0v) is 9.81. The molecule has 3 N–H and O–H groups in total. The van der Waals surface area contributed by atoms with Crippen LogP contribution in [0, 0.1) is 0 Å². The minimum Gasteiger partial charge on any atom is -0.353 e. The molecule has 0 saturated heterocycles. The molecule has 1 unspecified atom stereocenters. The molecule has 0 spiro atoms. The van der Waals surface area contributed by atoms with Crippen molar-refractivity contribution in [2.24, 2.45) is 5.73 Å². The molecular weight excluding hydrogens is 204 g/mol. The summed E-state index contributed by atoms with van der Waals surface area (Å²) in [6.45, 7) is 4.74. The van der Waals surface area contributed by atoms with Crippen LogP contribution in [-0.4, -0.2) is 37.9 Å². The van der Waals surface area contributed by atoms with E-state index in [0.29, 0.717) is 0 Å². The summed E-state index contributed by atoms with van der Waals surface area (Å²) in [5, 5.41) is 2.49. The number of amides is 1. The Balaban J connectivity index is 4.35. The average Bonchev–Trinajstić information content (AvgIpc) is 1.97. The number of hydrogen-bond donors (Lipinski definition) is 2. The summed E-state index contributed by atoms with van der Waals surface area (Å²) >= 11 is 0. The summed E-state index contributed by atoms with van der Waals surface area (Å²) < 4.78 is 21.5. The second-order valence-corrected chi connectivity index (χ2v) is 6.69. The van der Waals surface area contributed by atoms with Crippen LogP contribution in [0.25, 0.3) is 0 Å². The van der Waals surface area contributed by atoms with Gasteiger partial charge in [-0.1, -0.05) is 0 Å². The molecule has 1 atom stereocenters. The van der Waals surface area contributed by atoms with Gasteiger partial charge in [-0.3, -0.25) is 4.79 Å². The summed E-state index contributed by atoms with van der Waals surface area (Å²) in [6.07, 6.45) is 1.14. The fraction of sp³-hybridized carbons (Fsp3) is 0.875. The van der Waals surface area contributed by atoms with Crippen molar-refractivity contribution in [1.82, 2.24) is 5.32 Å². The summed E-state index contributed by atoms with van der Waals surface area (Å²) in [6, 6.07) is -0.620. The molecule has 0 radical (unpaired) electrons. The first-order chi connectivity index (χ1) is 6.08. The van der Waals surface area contributed by atoms with Gasteiger partial charge in [0, 0.05) is 12.8 Å². The number of hydrogen-bond acceptors (Lipinski definition) is 4. The van der Waals surface area contributed by atoms with Crippen LogP contribution in [-0.2, 0) is 14.6 Å². The lowest BCUT2D eigenvalue weighted by atomic mass is 10.2. The van der Waals surface area contributed by atoms with Gasteiger partial charge in [0.05, 0.1) is 10.8 Å². The fourth-order valence-electron chi connectivity index (χ4n) is 0.592. The maximum atomic E-state index is 11.3. The first kappa shape index (κ1) is 13.4. The Morgan fingerprint density at radius 2 is 1.93 bits per heavy atom. The number of sulfone groups is 1. The zero-order chi connectivity index (χ0) is 11.6. The van der Waals surface area contributed by atoms with Crippen molar-refractivity contribution in [2.45, 2.75) is 31.6 Å². The van der Waals surface area contributed by atoms with Crippen LogP contribution in [0.2, 0.25) is 0 Å². The Morgan fingerprint density at radius 1 is 1.50 bits per heavy atom.